The van der Waals surface area contributed by atoms with Gasteiger partial charge in [-0.15, -0.1) is 0 Å². The van der Waals surface area contributed by atoms with Crippen LogP contribution in [0.5, 0.6) is 0 Å². The molecule has 8 rings (SSSR count). The Morgan fingerprint density at radius 3 is 1.96 bits per heavy atom. The minimum absolute atomic E-state index is 0.169. The molecule has 2 aliphatic carbocycles. The number of nitrogens with one attached hydrogen (secondary N) is 1. The molecule has 0 heterocycles. The standard InChI is InChI=1S/C50H48F3NO/c1-4-5-7-28-49(29-8-6-9-30-49)39-20-14-34(15-21-39)33-10-12-36(13-11-33)47(55)54-41-23-16-35(17-24-41)37-18-26-44-43(32-37)46-42-25-22-40(50(51,52)53)31-38(42)19-27-45(46)48(44,2)3/h10-27,31-32H,4-9,28-30H2,1-3H3,(H,54,55). The summed E-state index contributed by atoms with van der Waals surface area (Å²) in [7, 11) is 0. The molecule has 6 aromatic rings. The number of benzene rings is 6. The molecule has 0 atom stereocenters. The fourth-order valence-corrected chi connectivity index (χ4v) is 9.34. The van der Waals surface area contributed by atoms with Gasteiger partial charge < -0.3 is 5.32 Å². The molecule has 0 bridgehead atoms. The summed E-state index contributed by atoms with van der Waals surface area (Å²) >= 11 is 0. The van der Waals surface area contributed by atoms with Crippen LogP contribution in [-0.4, -0.2) is 5.91 Å². The van der Waals surface area contributed by atoms with Crippen LogP contribution in [0.15, 0.2) is 121 Å². The summed E-state index contributed by atoms with van der Waals surface area (Å²) in [6.07, 6.45) is 7.33. The first kappa shape index (κ1) is 36.8. The SMILES string of the molecule is CCCCCC1(c2ccc(-c3ccc(C(=O)Nc4ccc(-c5ccc6c(c5)-c5c(ccc7cc(C(F)(F)F)ccc57)C6(C)C)cc4)cc3)cc2)CCCCC1. The van der Waals surface area contributed by atoms with Gasteiger partial charge in [0, 0.05) is 16.7 Å². The lowest BCUT2D eigenvalue weighted by Gasteiger charge is -2.38. The molecule has 280 valence electrons. The molecule has 6 aromatic carbocycles. The van der Waals surface area contributed by atoms with Gasteiger partial charge in [-0.1, -0.05) is 138 Å². The second-order valence-electron chi connectivity index (χ2n) is 16.3. The monoisotopic (exact) mass is 735 g/mol. The zero-order valence-corrected chi connectivity index (χ0v) is 32.0. The third-order valence-corrected chi connectivity index (χ3v) is 12.5. The first-order valence-electron chi connectivity index (χ1n) is 19.9. The van der Waals surface area contributed by atoms with Gasteiger partial charge >= 0.3 is 6.18 Å². The van der Waals surface area contributed by atoms with Gasteiger partial charge in [-0.2, -0.15) is 13.2 Å². The molecular formula is C50H48F3NO. The number of unbranched alkanes of at least 4 members (excludes halogenated alkanes) is 2. The smallest absolute Gasteiger partial charge is 0.322 e. The van der Waals surface area contributed by atoms with Crippen molar-refractivity contribution in [1.29, 1.82) is 0 Å². The number of alkyl halides is 3. The van der Waals surface area contributed by atoms with Crippen molar-refractivity contribution in [3.8, 4) is 33.4 Å². The first-order chi connectivity index (χ1) is 26.5. The highest BCUT2D eigenvalue weighted by molar-refractivity contribution is 6.05. The number of carbonyl (C=O) groups is 1. The molecular weight excluding hydrogens is 688 g/mol. The van der Waals surface area contributed by atoms with Crippen molar-refractivity contribution in [3.63, 3.8) is 0 Å². The van der Waals surface area contributed by atoms with Gasteiger partial charge in [0.25, 0.3) is 5.91 Å². The fourth-order valence-electron chi connectivity index (χ4n) is 9.34. The van der Waals surface area contributed by atoms with Crippen LogP contribution in [0.2, 0.25) is 0 Å². The number of hydrogen-bond donors (Lipinski definition) is 1. The van der Waals surface area contributed by atoms with Gasteiger partial charge in [-0.25, -0.2) is 0 Å². The van der Waals surface area contributed by atoms with Crippen molar-refractivity contribution in [2.75, 3.05) is 5.32 Å². The molecule has 2 aliphatic rings. The predicted octanol–water partition coefficient (Wildman–Crippen LogP) is 14.5. The second-order valence-corrected chi connectivity index (χ2v) is 16.3. The number of fused-ring (bicyclic) bond motifs is 5. The maximum Gasteiger partial charge on any atom is 0.416 e. The van der Waals surface area contributed by atoms with Crippen molar-refractivity contribution in [3.05, 3.63) is 149 Å². The van der Waals surface area contributed by atoms with Gasteiger partial charge in [0.2, 0.25) is 0 Å². The molecule has 1 N–H and O–H groups in total. The maximum absolute atomic E-state index is 13.5. The first-order valence-corrected chi connectivity index (χ1v) is 19.9. The number of rotatable bonds is 9. The van der Waals surface area contributed by atoms with E-state index >= 15 is 0 Å². The number of amides is 1. The van der Waals surface area contributed by atoms with Crippen LogP contribution in [0.25, 0.3) is 44.2 Å². The summed E-state index contributed by atoms with van der Waals surface area (Å²) in [6, 6.07) is 39.0. The van der Waals surface area contributed by atoms with E-state index in [0.717, 1.165) is 49.9 Å². The Morgan fingerprint density at radius 1 is 0.673 bits per heavy atom. The largest absolute Gasteiger partial charge is 0.416 e. The van der Waals surface area contributed by atoms with Crippen molar-refractivity contribution < 1.29 is 18.0 Å². The number of halogens is 3. The van der Waals surface area contributed by atoms with E-state index in [1.807, 2.05) is 54.6 Å². The van der Waals surface area contributed by atoms with Crippen molar-refractivity contribution >= 4 is 22.4 Å². The molecule has 0 saturated heterocycles. The molecule has 1 amide bonds. The molecule has 0 radical (unpaired) electrons. The Morgan fingerprint density at radius 2 is 1.29 bits per heavy atom. The maximum atomic E-state index is 13.5. The van der Waals surface area contributed by atoms with Gasteiger partial charge in [0.15, 0.2) is 0 Å². The van der Waals surface area contributed by atoms with E-state index < -0.39 is 11.7 Å². The average Bonchev–Trinajstić information content (AvgIpc) is 3.43. The minimum atomic E-state index is -4.40. The van der Waals surface area contributed by atoms with Gasteiger partial charge in [0.1, 0.15) is 0 Å². The lowest BCUT2D eigenvalue weighted by atomic mass is 9.66. The molecule has 55 heavy (non-hydrogen) atoms. The van der Waals surface area contributed by atoms with E-state index in [4.69, 9.17) is 0 Å². The Hall–Kier alpha value is -5.16. The van der Waals surface area contributed by atoms with Gasteiger partial charge in [0.05, 0.1) is 5.56 Å². The van der Waals surface area contributed by atoms with Crippen molar-refractivity contribution in [2.45, 2.75) is 95.6 Å². The molecule has 2 nitrogen and oxygen atoms in total. The molecule has 1 fully saturated rings. The Balaban J connectivity index is 0.970. The van der Waals surface area contributed by atoms with E-state index in [1.165, 1.54) is 75.5 Å². The van der Waals surface area contributed by atoms with Crippen LogP contribution in [0, 0.1) is 0 Å². The fraction of sp³-hybridized carbons (Fsp3) is 0.300. The summed E-state index contributed by atoms with van der Waals surface area (Å²) in [5.41, 5.74) is 10.7. The third-order valence-electron chi connectivity index (χ3n) is 12.5. The molecule has 5 heteroatoms. The second kappa shape index (κ2) is 14.5. The molecule has 0 spiro atoms. The van der Waals surface area contributed by atoms with Crippen LogP contribution in [0.1, 0.15) is 111 Å². The molecule has 0 aromatic heterocycles. The Bertz CT molecular complexity index is 2350. The zero-order valence-electron chi connectivity index (χ0n) is 32.0. The average molecular weight is 736 g/mol. The van der Waals surface area contributed by atoms with Crippen LogP contribution in [0.4, 0.5) is 18.9 Å². The molecule has 0 aliphatic heterocycles. The number of anilines is 1. The zero-order chi connectivity index (χ0) is 38.4. The highest BCUT2D eigenvalue weighted by Gasteiger charge is 2.38. The van der Waals surface area contributed by atoms with E-state index in [-0.39, 0.29) is 11.3 Å². The quantitative estimate of drug-likeness (QED) is 0.147. The Labute approximate surface area is 322 Å². The highest BCUT2D eigenvalue weighted by atomic mass is 19.4. The third kappa shape index (κ3) is 6.99. The van der Waals surface area contributed by atoms with E-state index in [2.05, 4.69) is 68.6 Å². The van der Waals surface area contributed by atoms with E-state index in [9.17, 15) is 18.0 Å². The van der Waals surface area contributed by atoms with Crippen molar-refractivity contribution in [1.82, 2.24) is 0 Å². The van der Waals surface area contributed by atoms with Crippen LogP contribution in [0.3, 0.4) is 0 Å². The van der Waals surface area contributed by atoms with Gasteiger partial charge in [-0.3, -0.25) is 4.79 Å². The highest BCUT2D eigenvalue weighted by Crippen LogP contribution is 2.52. The summed E-state index contributed by atoms with van der Waals surface area (Å²) in [4.78, 5) is 13.3. The molecule has 1 saturated carbocycles. The van der Waals surface area contributed by atoms with Crippen LogP contribution in [-0.2, 0) is 17.0 Å². The summed E-state index contributed by atoms with van der Waals surface area (Å²) in [5, 5.41) is 4.44. The van der Waals surface area contributed by atoms with Gasteiger partial charge in [-0.05, 0) is 128 Å². The summed E-state index contributed by atoms with van der Waals surface area (Å²) in [5.74, 6) is -0.169. The number of hydrogen-bond acceptors (Lipinski definition) is 1. The van der Waals surface area contributed by atoms with Crippen LogP contribution < -0.4 is 5.32 Å². The van der Waals surface area contributed by atoms with Crippen molar-refractivity contribution in [2.24, 2.45) is 0 Å². The molecule has 0 unspecified atom stereocenters. The predicted molar refractivity (Wildman–Crippen MR) is 221 cm³/mol. The van der Waals surface area contributed by atoms with E-state index in [1.54, 1.807) is 12.1 Å². The normalized spacial score (nSPS) is 15.7. The minimum Gasteiger partial charge on any atom is -0.322 e. The summed E-state index contributed by atoms with van der Waals surface area (Å²) in [6.45, 7) is 6.61. The van der Waals surface area contributed by atoms with Crippen LogP contribution >= 0.6 is 0 Å². The summed E-state index contributed by atoms with van der Waals surface area (Å²) < 4.78 is 40.6. The Kier molecular flexibility index (Phi) is 9.69. The van der Waals surface area contributed by atoms with E-state index in [0.29, 0.717) is 22.1 Å². The lowest BCUT2D eigenvalue weighted by molar-refractivity contribution is -0.137. The topological polar surface area (TPSA) is 29.1 Å². The lowest BCUT2D eigenvalue weighted by Crippen LogP contribution is -2.29. The number of carbonyl (C=O) groups excluding carboxylic acids is 1.